The number of fused-ring (bicyclic) bond motifs is 5. The minimum absolute atomic E-state index is 0.0676. The Morgan fingerprint density at radius 2 is 2.00 bits per heavy atom. The largest absolute Gasteiger partial charge is 0.390 e. The fraction of sp³-hybridized carbons (Fsp3) is 0.727. The molecule has 0 aromatic carbocycles. The van der Waals surface area contributed by atoms with Crippen molar-refractivity contribution in [2.24, 2.45) is 28.6 Å². The van der Waals surface area contributed by atoms with Crippen molar-refractivity contribution in [3.8, 4) is 0 Å². The lowest BCUT2D eigenvalue weighted by molar-refractivity contribution is -0.219. The summed E-state index contributed by atoms with van der Waals surface area (Å²) in [6.45, 7) is 4.48. The van der Waals surface area contributed by atoms with Crippen LogP contribution in [0.25, 0.3) is 0 Å². The van der Waals surface area contributed by atoms with E-state index in [1.165, 1.54) is 12.2 Å². The Kier molecular flexibility index (Phi) is 4.15. The Balaban J connectivity index is 1.84. The fourth-order valence-corrected chi connectivity index (χ4v) is 7.26. The van der Waals surface area contributed by atoms with Crippen molar-refractivity contribution in [3.63, 3.8) is 0 Å². The number of carbonyl (C=O) groups is 2. The molecule has 4 rings (SSSR count). The van der Waals surface area contributed by atoms with Gasteiger partial charge in [0.1, 0.15) is 12.2 Å². The quantitative estimate of drug-likeness (QED) is 0.667. The van der Waals surface area contributed by atoms with Gasteiger partial charge in [-0.15, -0.1) is 0 Å². The van der Waals surface area contributed by atoms with Gasteiger partial charge in [-0.05, 0) is 56.6 Å². The number of alkyl halides is 1. The van der Waals surface area contributed by atoms with Crippen molar-refractivity contribution in [1.29, 1.82) is 0 Å². The molecule has 3 fully saturated rings. The summed E-state index contributed by atoms with van der Waals surface area (Å²) < 4.78 is 16.9. The predicted octanol–water partition coefficient (Wildman–Crippen LogP) is 1.90. The smallest absolute Gasteiger partial charge is 0.190 e. The number of rotatable bonds is 2. The number of ketones is 2. The van der Waals surface area contributed by atoms with Crippen LogP contribution in [0, 0.1) is 28.6 Å². The van der Waals surface area contributed by atoms with Crippen LogP contribution in [0.5, 0.6) is 0 Å². The van der Waals surface area contributed by atoms with Gasteiger partial charge < -0.3 is 15.3 Å². The second-order valence-electron chi connectivity index (χ2n) is 9.75. The monoisotopic (exact) mass is 392 g/mol. The first-order valence-electron chi connectivity index (χ1n) is 10.1. The number of allylic oxidation sites excluding steroid dienone is 4. The van der Waals surface area contributed by atoms with Gasteiger partial charge in [0.25, 0.3) is 0 Å². The molecule has 8 atom stereocenters. The van der Waals surface area contributed by atoms with Gasteiger partial charge in [0.05, 0.1) is 6.10 Å². The van der Waals surface area contributed by atoms with Gasteiger partial charge in [-0.25, -0.2) is 4.39 Å². The second kappa shape index (κ2) is 5.83. The van der Waals surface area contributed by atoms with Crippen molar-refractivity contribution in [3.05, 3.63) is 23.8 Å². The van der Waals surface area contributed by atoms with Crippen LogP contribution in [0.4, 0.5) is 4.39 Å². The third kappa shape index (κ3) is 2.01. The van der Waals surface area contributed by atoms with Gasteiger partial charge in [0.15, 0.2) is 17.2 Å². The molecule has 0 radical (unpaired) electrons. The van der Waals surface area contributed by atoms with Gasteiger partial charge in [-0.3, -0.25) is 9.59 Å². The maximum absolute atomic E-state index is 16.9. The minimum atomic E-state index is -1.98. The van der Waals surface area contributed by atoms with Gasteiger partial charge in [-0.1, -0.05) is 25.5 Å². The molecule has 28 heavy (non-hydrogen) atoms. The zero-order chi connectivity index (χ0) is 20.7. The summed E-state index contributed by atoms with van der Waals surface area (Å²) in [5.41, 5.74) is -5.17. The van der Waals surface area contributed by atoms with Crippen molar-refractivity contribution < 1.29 is 29.3 Å². The Labute approximate surface area is 164 Å². The predicted molar refractivity (Wildman–Crippen MR) is 99.9 cm³/mol. The number of hydrogen-bond acceptors (Lipinski definition) is 5. The van der Waals surface area contributed by atoms with E-state index < -0.39 is 52.4 Å². The van der Waals surface area contributed by atoms with Crippen LogP contribution in [0.15, 0.2) is 23.8 Å². The summed E-state index contributed by atoms with van der Waals surface area (Å²) in [5, 5.41) is 32.0. The number of carbonyl (C=O) groups excluding carboxylic acids is 2. The summed E-state index contributed by atoms with van der Waals surface area (Å²) >= 11 is 0. The van der Waals surface area contributed by atoms with Crippen LogP contribution in [-0.4, -0.2) is 50.9 Å². The Morgan fingerprint density at radius 1 is 1.32 bits per heavy atom. The van der Waals surface area contributed by atoms with Crippen LogP contribution in [0.3, 0.4) is 0 Å². The standard InChI is InChI=1S/C22H29FO5/c1-12-8-16-15-5-4-13-9-14(25)6-7-19(13,2)21(15,23)17(26)10-20(16,3)22(12,28)18(27)11-24/h6-7,9,12,15-17,24,26,28H,4-5,8,10-11H2,1-3H3/t12-,15?,16?,17?,19-,20-,21-,22-/m1/s1. The molecule has 0 amide bonds. The molecule has 154 valence electrons. The summed E-state index contributed by atoms with van der Waals surface area (Å²) in [6, 6.07) is 0. The van der Waals surface area contributed by atoms with Crippen LogP contribution in [-0.2, 0) is 9.59 Å². The van der Waals surface area contributed by atoms with Crippen molar-refractivity contribution in [2.45, 2.75) is 63.8 Å². The molecule has 4 aliphatic carbocycles. The highest BCUT2D eigenvalue weighted by molar-refractivity contribution is 6.01. The third-order valence-electron chi connectivity index (χ3n) is 8.79. The second-order valence-corrected chi connectivity index (χ2v) is 9.75. The summed E-state index contributed by atoms with van der Waals surface area (Å²) in [6.07, 6.45) is 4.44. The molecule has 0 saturated heterocycles. The van der Waals surface area contributed by atoms with Crippen molar-refractivity contribution in [1.82, 2.24) is 0 Å². The molecule has 0 aliphatic heterocycles. The van der Waals surface area contributed by atoms with Crippen LogP contribution < -0.4 is 0 Å². The van der Waals surface area contributed by atoms with Crippen molar-refractivity contribution >= 4 is 11.6 Å². The fourth-order valence-electron chi connectivity index (χ4n) is 7.26. The van der Waals surface area contributed by atoms with E-state index in [4.69, 9.17) is 0 Å². The lowest BCUT2D eigenvalue weighted by atomic mass is 9.44. The molecule has 3 saturated carbocycles. The number of aliphatic hydroxyl groups excluding tert-OH is 2. The molecule has 0 spiro atoms. The van der Waals surface area contributed by atoms with Gasteiger partial charge in [-0.2, -0.15) is 0 Å². The number of hydrogen-bond donors (Lipinski definition) is 3. The zero-order valence-corrected chi connectivity index (χ0v) is 16.6. The molecular weight excluding hydrogens is 363 g/mol. The lowest BCUT2D eigenvalue weighted by Crippen LogP contribution is -2.69. The summed E-state index contributed by atoms with van der Waals surface area (Å²) in [7, 11) is 0. The molecule has 3 N–H and O–H groups in total. The maximum atomic E-state index is 16.9. The first kappa shape index (κ1) is 19.9. The molecule has 5 nitrogen and oxygen atoms in total. The normalized spacial score (nSPS) is 52.5. The average molecular weight is 392 g/mol. The van der Waals surface area contributed by atoms with Crippen LogP contribution >= 0.6 is 0 Å². The van der Waals surface area contributed by atoms with E-state index in [1.807, 2.05) is 0 Å². The highest BCUT2D eigenvalue weighted by Crippen LogP contribution is 2.70. The third-order valence-corrected chi connectivity index (χ3v) is 8.79. The molecule has 4 aliphatic rings. The highest BCUT2D eigenvalue weighted by Gasteiger charge is 2.75. The van der Waals surface area contributed by atoms with Gasteiger partial charge in [0.2, 0.25) is 0 Å². The van der Waals surface area contributed by atoms with E-state index in [9.17, 15) is 24.9 Å². The molecule has 0 aromatic rings. The maximum Gasteiger partial charge on any atom is 0.190 e. The topological polar surface area (TPSA) is 94.8 Å². The minimum Gasteiger partial charge on any atom is -0.390 e. The van der Waals surface area contributed by atoms with Crippen molar-refractivity contribution in [2.75, 3.05) is 6.61 Å². The number of aliphatic hydroxyl groups is 3. The van der Waals surface area contributed by atoms with E-state index in [2.05, 4.69) is 0 Å². The molecule has 0 bridgehead atoms. The lowest BCUT2D eigenvalue weighted by Gasteiger charge is -2.62. The van der Waals surface area contributed by atoms with E-state index in [0.29, 0.717) is 24.8 Å². The highest BCUT2D eigenvalue weighted by atomic mass is 19.1. The molecule has 3 unspecified atom stereocenters. The summed E-state index contributed by atoms with van der Waals surface area (Å²) in [4.78, 5) is 24.4. The molecule has 0 aromatic heterocycles. The SMILES string of the molecule is C[C@@H]1CC2C3CCC4=CC(=O)C=C[C@@]4(C)[C@]3(F)C(O)C[C@@]2(C)[C@]1(O)C(=O)CO. The molecule has 0 heterocycles. The Hall–Kier alpha value is -1.37. The number of Topliss-reactive ketones (excluding diaryl/α,β-unsaturated/α-hetero) is 1. The molecular formula is C22H29FO5. The Bertz CT molecular complexity index is 805. The Morgan fingerprint density at radius 3 is 2.64 bits per heavy atom. The number of halogens is 1. The van der Waals surface area contributed by atoms with Gasteiger partial charge in [0, 0.05) is 16.7 Å². The average Bonchev–Trinajstić information content (AvgIpc) is 2.84. The van der Waals surface area contributed by atoms with Crippen LogP contribution in [0.1, 0.15) is 46.5 Å². The first-order chi connectivity index (χ1) is 13.0. The summed E-state index contributed by atoms with van der Waals surface area (Å²) in [5.74, 6) is -2.12. The zero-order valence-electron chi connectivity index (χ0n) is 16.6. The first-order valence-corrected chi connectivity index (χ1v) is 10.1. The van der Waals surface area contributed by atoms with Crippen LogP contribution in [0.2, 0.25) is 0 Å². The van der Waals surface area contributed by atoms with E-state index >= 15 is 4.39 Å². The van der Waals surface area contributed by atoms with E-state index in [-0.39, 0.29) is 18.1 Å². The van der Waals surface area contributed by atoms with E-state index in [0.717, 1.165) is 0 Å². The molecule has 6 heteroatoms. The van der Waals surface area contributed by atoms with E-state index in [1.54, 1.807) is 26.8 Å². The van der Waals surface area contributed by atoms with Gasteiger partial charge >= 0.3 is 0 Å².